The Morgan fingerprint density at radius 3 is 2.29 bits per heavy atom. The van der Waals surface area contributed by atoms with Crippen molar-refractivity contribution >= 4 is 22.8 Å². The molecule has 0 aromatic rings. The Labute approximate surface area is 109 Å². The zero-order chi connectivity index (χ0) is 13.5. The lowest BCUT2D eigenvalue weighted by molar-refractivity contribution is -0.157. The van der Waals surface area contributed by atoms with Crippen LogP contribution in [0, 0.1) is 11.3 Å². The van der Waals surface area contributed by atoms with Gasteiger partial charge in [0.15, 0.2) is 0 Å². The molecule has 4 heteroatoms. The number of carbonyl (C=O) groups excluding carboxylic acids is 2. The van der Waals surface area contributed by atoms with E-state index in [4.69, 9.17) is 16.3 Å². The third-order valence-electron chi connectivity index (χ3n) is 3.00. The van der Waals surface area contributed by atoms with Crippen molar-refractivity contribution in [2.45, 2.75) is 53.4 Å². The van der Waals surface area contributed by atoms with Crippen molar-refractivity contribution in [1.29, 1.82) is 0 Å². The molecule has 100 valence electrons. The molecular formula is C13H23ClO3. The van der Waals surface area contributed by atoms with Crippen molar-refractivity contribution < 1.29 is 14.3 Å². The summed E-state index contributed by atoms with van der Waals surface area (Å²) in [7, 11) is 0. The molecule has 0 aliphatic carbocycles. The second kappa shape index (κ2) is 7.70. The van der Waals surface area contributed by atoms with Crippen molar-refractivity contribution in [3.8, 4) is 0 Å². The molecule has 0 aliphatic rings. The van der Waals surface area contributed by atoms with Crippen molar-refractivity contribution in [3.05, 3.63) is 0 Å². The summed E-state index contributed by atoms with van der Waals surface area (Å²) < 4.78 is 5.17. The Morgan fingerprint density at radius 2 is 1.88 bits per heavy atom. The molecule has 0 heterocycles. The number of rotatable bonds is 8. The van der Waals surface area contributed by atoms with Crippen LogP contribution in [0.3, 0.4) is 0 Å². The summed E-state index contributed by atoms with van der Waals surface area (Å²) in [4.78, 5) is 22.7. The van der Waals surface area contributed by atoms with Crippen LogP contribution in [0.1, 0.15) is 53.4 Å². The molecule has 0 saturated carbocycles. The first-order chi connectivity index (χ1) is 7.86. The normalized spacial score (nSPS) is 13.2. The van der Waals surface area contributed by atoms with Crippen molar-refractivity contribution in [1.82, 2.24) is 0 Å². The van der Waals surface area contributed by atoms with E-state index < -0.39 is 16.6 Å². The maximum absolute atomic E-state index is 11.7. The van der Waals surface area contributed by atoms with Gasteiger partial charge in [-0.2, -0.15) is 0 Å². The van der Waals surface area contributed by atoms with E-state index in [2.05, 4.69) is 13.8 Å². The lowest BCUT2D eigenvalue weighted by atomic mass is 9.95. The molecule has 1 atom stereocenters. The van der Waals surface area contributed by atoms with E-state index in [9.17, 15) is 9.59 Å². The minimum atomic E-state index is -1.25. The van der Waals surface area contributed by atoms with Crippen molar-refractivity contribution in [3.63, 3.8) is 0 Å². The number of hydrogen-bond acceptors (Lipinski definition) is 3. The van der Waals surface area contributed by atoms with E-state index in [-0.39, 0.29) is 0 Å². The van der Waals surface area contributed by atoms with Gasteiger partial charge in [0.2, 0.25) is 5.24 Å². The molecule has 0 aromatic carbocycles. The highest BCUT2D eigenvalue weighted by atomic mass is 35.5. The first kappa shape index (κ1) is 16.4. The molecule has 3 nitrogen and oxygen atoms in total. The molecule has 0 spiro atoms. The van der Waals surface area contributed by atoms with Crippen LogP contribution in [-0.2, 0) is 14.3 Å². The number of ether oxygens (including phenoxy) is 1. The summed E-state index contributed by atoms with van der Waals surface area (Å²) in [6.07, 6.45) is 4.29. The topological polar surface area (TPSA) is 43.4 Å². The smallest absolute Gasteiger partial charge is 0.320 e. The number of esters is 1. The zero-order valence-electron chi connectivity index (χ0n) is 11.2. The van der Waals surface area contributed by atoms with Crippen LogP contribution in [0.15, 0.2) is 0 Å². The zero-order valence-corrected chi connectivity index (χ0v) is 12.0. The highest BCUT2D eigenvalue weighted by molar-refractivity contribution is 6.66. The molecule has 0 amide bonds. The summed E-state index contributed by atoms with van der Waals surface area (Å²) >= 11 is 5.36. The summed E-state index contributed by atoms with van der Waals surface area (Å²) in [5.41, 5.74) is -1.25. The van der Waals surface area contributed by atoms with Gasteiger partial charge in [-0.1, -0.05) is 33.1 Å². The molecule has 0 aliphatic heterocycles. The van der Waals surface area contributed by atoms with E-state index in [1.54, 1.807) is 0 Å². The molecule has 0 rings (SSSR count). The monoisotopic (exact) mass is 262 g/mol. The van der Waals surface area contributed by atoms with Crippen LogP contribution in [0.2, 0.25) is 0 Å². The molecule has 0 fully saturated rings. The first-order valence-electron chi connectivity index (χ1n) is 6.23. The molecule has 0 N–H and O–H groups in total. The van der Waals surface area contributed by atoms with Gasteiger partial charge in [-0.3, -0.25) is 9.59 Å². The molecule has 0 radical (unpaired) electrons. The molecule has 0 bridgehead atoms. The average molecular weight is 263 g/mol. The van der Waals surface area contributed by atoms with E-state index >= 15 is 0 Å². The summed E-state index contributed by atoms with van der Waals surface area (Å²) in [6.45, 7) is 7.55. The number of unbranched alkanes of at least 4 members (excludes halogenated alkanes) is 1. The van der Waals surface area contributed by atoms with E-state index in [0.29, 0.717) is 12.5 Å². The third-order valence-corrected chi connectivity index (χ3v) is 3.47. The molecule has 1 unspecified atom stereocenters. The minimum Gasteiger partial charge on any atom is -0.465 e. The van der Waals surface area contributed by atoms with Crippen molar-refractivity contribution in [2.75, 3.05) is 6.61 Å². The minimum absolute atomic E-state index is 0.375. The van der Waals surface area contributed by atoms with Gasteiger partial charge in [0.1, 0.15) is 5.41 Å². The second-order valence-electron chi connectivity index (χ2n) is 4.91. The molecular weight excluding hydrogens is 240 g/mol. The lowest BCUT2D eigenvalue weighted by Crippen LogP contribution is -2.33. The van der Waals surface area contributed by atoms with Crippen LogP contribution in [0.4, 0.5) is 0 Å². The van der Waals surface area contributed by atoms with Gasteiger partial charge in [0.05, 0.1) is 6.61 Å². The Bertz CT molecular complexity index is 261. The second-order valence-corrected chi connectivity index (χ2v) is 5.26. The molecule has 0 aromatic heterocycles. The van der Waals surface area contributed by atoms with Gasteiger partial charge in [0, 0.05) is 0 Å². The molecule has 0 saturated heterocycles. The largest absolute Gasteiger partial charge is 0.465 e. The predicted molar refractivity (Wildman–Crippen MR) is 68.9 cm³/mol. The van der Waals surface area contributed by atoms with Gasteiger partial charge in [0.25, 0.3) is 0 Å². The van der Waals surface area contributed by atoms with Gasteiger partial charge >= 0.3 is 5.97 Å². The standard InChI is InChI=1S/C13H23ClO3/c1-5-7-8-10(6-2)9-17-12(16)13(3,4)11(14)15/h10H,5-9H2,1-4H3. The fraction of sp³-hybridized carbons (Fsp3) is 0.846. The highest BCUT2D eigenvalue weighted by Gasteiger charge is 2.36. The van der Waals surface area contributed by atoms with E-state index in [1.165, 1.54) is 13.8 Å². The van der Waals surface area contributed by atoms with Gasteiger partial charge in [-0.15, -0.1) is 0 Å². The summed E-state index contributed by atoms with van der Waals surface area (Å²) in [5.74, 6) is -0.160. The number of hydrogen-bond donors (Lipinski definition) is 0. The summed E-state index contributed by atoms with van der Waals surface area (Å²) in [6, 6.07) is 0. The van der Waals surface area contributed by atoms with Gasteiger partial charge in [-0.05, 0) is 37.8 Å². The van der Waals surface area contributed by atoms with Gasteiger partial charge in [-0.25, -0.2) is 0 Å². The van der Waals surface area contributed by atoms with Crippen LogP contribution in [0.25, 0.3) is 0 Å². The lowest BCUT2D eigenvalue weighted by Gasteiger charge is -2.20. The highest BCUT2D eigenvalue weighted by Crippen LogP contribution is 2.22. The molecule has 17 heavy (non-hydrogen) atoms. The Hall–Kier alpha value is -0.570. The number of carbonyl (C=O) groups is 2. The van der Waals surface area contributed by atoms with E-state index in [1.807, 2.05) is 0 Å². The van der Waals surface area contributed by atoms with Crippen molar-refractivity contribution in [2.24, 2.45) is 11.3 Å². The Morgan fingerprint density at radius 1 is 1.29 bits per heavy atom. The quantitative estimate of drug-likeness (QED) is 0.382. The maximum atomic E-state index is 11.7. The van der Waals surface area contributed by atoms with Crippen LogP contribution < -0.4 is 0 Å². The maximum Gasteiger partial charge on any atom is 0.320 e. The summed E-state index contributed by atoms with van der Waals surface area (Å²) in [5, 5.41) is -0.677. The fourth-order valence-electron chi connectivity index (χ4n) is 1.35. The van der Waals surface area contributed by atoms with E-state index in [0.717, 1.165) is 25.7 Å². The third kappa shape index (κ3) is 5.53. The predicted octanol–water partition coefficient (Wildman–Crippen LogP) is 3.54. The van der Waals surface area contributed by atoms with Gasteiger partial charge < -0.3 is 4.74 Å². The fourth-order valence-corrected chi connectivity index (χ4v) is 1.43. The number of halogens is 1. The van der Waals surface area contributed by atoms with Crippen LogP contribution in [0.5, 0.6) is 0 Å². The Balaban J connectivity index is 4.17. The first-order valence-corrected chi connectivity index (χ1v) is 6.61. The van der Waals surface area contributed by atoms with Crippen LogP contribution in [-0.4, -0.2) is 17.8 Å². The Kier molecular flexibility index (Phi) is 7.44. The SMILES string of the molecule is CCCCC(CC)COC(=O)C(C)(C)C(=O)Cl. The van der Waals surface area contributed by atoms with Crippen LogP contribution >= 0.6 is 11.6 Å². The average Bonchev–Trinajstić information content (AvgIpc) is 2.28.